The van der Waals surface area contributed by atoms with Gasteiger partial charge in [-0.2, -0.15) is 0 Å². The van der Waals surface area contributed by atoms with Crippen LogP contribution < -0.4 is 0 Å². The van der Waals surface area contributed by atoms with Gasteiger partial charge in [0.05, 0.1) is 0 Å². The van der Waals surface area contributed by atoms with Crippen molar-refractivity contribution in [2.24, 2.45) is 0 Å². The third-order valence-electron chi connectivity index (χ3n) is 3.73. The largest absolute Gasteiger partial charge is 0.370 e. The molecule has 94 valence electrons. The number of aryl methyl sites for hydroxylation is 1. The number of hydrogen-bond acceptors (Lipinski definition) is 3. The van der Waals surface area contributed by atoms with Crippen molar-refractivity contribution in [3.05, 3.63) is 22.2 Å². The van der Waals surface area contributed by atoms with Crippen molar-refractivity contribution in [2.75, 3.05) is 7.11 Å². The average Bonchev–Trinajstić information content (AvgIpc) is 2.78. The topological polar surface area (TPSA) is 35.0 Å². The van der Waals surface area contributed by atoms with Gasteiger partial charge >= 0.3 is 0 Å². The molecule has 2 rings (SSSR count). The Morgan fingerprint density at radius 3 is 2.41 bits per heavy atom. The van der Waals surface area contributed by atoms with E-state index < -0.39 is 0 Å². The molecular formula is C13H19ClN2O. The van der Waals surface area contributed by atoms with Crippen LogP contribution in [0.15, 0.2) is 0 Å². The van der Waals surface area contributed by atoms with E-state index in [-0.39, 0.29) is 5.60 Å². The molecule has 0 unspecified atom stereocenters. The summed E-state index contributed by atoms with van der Waals surface area (Å²) in [6.07, 6.45) is 5.19. The zero-order valence-corrected chi connectivity index (χ0v) is 11.5. The minimum Gasteiger partial charge on any atom is -0.370 e. The molecule has 1 fully saturated rings. The Morgan fingerprint density at radius 2 is 1.94 bits per heavy atom. The molecule has 0 bridgehead atoms. The van der Waals surface area contributed by atoms with Crippen molar-refractivity contribution in [3.63, 3.8) is 0 Å². The second-order valence-corrected chi connectivity index (χ2v) is 5.02. The first-order valence-corrected chi connectivity index (χ1v) is 6.59. The van der Waals surface area contributed by atoms with Crippen LogP contribution in [0.3, 0.4) is 0 Å². The van der Waals surface area contributed by atoms with Gasteiger partial charge in [-0.1, -0.05) is 18.5 Å². The molecule has 0 aliphatic heterocycles. The first kappa shape index (κ1) is 12.8. The van der Waals surface area contributed by atoms with Gasteiger partial charge in [0.15, 0.2) is 5.82 Å². The fourth-order valence-electron chi connectivity index (χ4n) is 2.63. The van der Waals surface area contributed by atoms with E-state index in [0.717, 1.165) is 36.3 Å². The van der Waals surface area contributed by atoms with Crippen LogP contribution in [0.25, 0.3) is 0 Å². The third-order valence-corrected chi connectivity index (χ3v) is 4.04. The molecule has 0 N–H and O–H groups in total. The van der Waals surface area contributed by atoms with E-state index in [0.29, 0.717) is 5.15 Å². The number of ether oxygens (including phenoxy) is 1. The number of rotatable bonds is 3. The van der Waals surface area contributed by atoms with Crippen LogP contribution in [0.5, 0.6) is 0 Å². The molecule has 1 saturated carbocycles. The highest BCUT2D eigenvalue weighted by Gasteiger charge is 2.39. The summed E-state index contributed by atoms with van der Waals surface area (Å²) in [6, 6.07) is 0. The molecule has 1 aliphatic carbocycles. The number of aromatic nitrogens is 2. The summed E-state index contributed by atoms with van der Waals surface area (Å²) in [4.78, 5) is 9.07. The Bertz CT molecular complexity index is 391. The summed E-state index contributed by atoms with van der Waals surface area (Å²) in [7, 11) is 1.74. The highest BCUT2D eigenvalue weighted by molar-refractivity contribution is 6.30. The van der Waals surface area contributed by atoms with Gasteiger partial charge in [0, 0.05) is 18.4 Å². The second kappa shape index (κ2) is 4.91. The van der Waals surface area contributed by atoms with Crippen LogP contribution in [0.2, 0.25) is 5.15 Å². The van der Waals surface area contributed by atoms with Crippen LogP contribution in [0.1, 0.15) is 49.7 Å². The van der Waals surface area contributed by atoms with Gasteiger partial charge in [-0.15, -0.1) is 0 Å². The molecule has 17 heavy (non-hydrogen) atoms. The Balaban J connectivity index is 2.45. The van der Waals surface area contributed by atoms with Crippen molar-refractivity contribution in [2.45, 2.75) is 51.6 Å². The summed E-state index contributed by atoms with van der Waals surface area (Å²) in [5, 5.41) is 0.582. The monoisotopic (exact) mass is 254 g/mol. The predicted molar refractivity (Wildman–Crippen MR) is 68.3 cm³/mol. The van der Waals surface area contributed by atoms with Crippen molar-refractivity contribution in [3.8, 4) is 0 Å². The Labute approximate surface area is 108 Å². The highest BCUT2D eigenvalue weighted by Crippen LogP contribution is 2.40. The summed E-state index contributed by atoms with van der Waals surface area (Å²) >= 11 is 6.23. The standard InChI is InChI=1S/C13H19ClN2O/c1-4-10-9(2)15-12(16-11(10)14)13(17-3)7-5-6-8-13/h4-8H2,1-3H3. The molecule has 0 aromatic carbocycles. The van der Waals surface area contributed by atoms with E-state index in [4.69, 9.17) is 16.3 Å². The van der Waals surface area contributed by atoms with Crippen LogP contribution in [0, 0.1) is 6.92 Å². The van der Waals surface area contributed by atoms with E-state index in [1.165, 1.54) is 12.8 Å². The predicted octanol–water partition coefficient (Wildman–Crippen LogP) is 3.42. The van der Waals surface area contributed by atoms with Crippen molar-refractivity contribution in [1.82, 2.24) is 9.97 Å². The van der Waals surface area contributed by atoms with E-state index in [1.807, 2.05) is 6.92 Å². The zero-order chi connectivity index (χ0) is 12.5. The smallest absolute Gasteiger partial charge is 0.162 e. The summed E-state index contributed by atoms with van der Waals surface area (Å²) in [6.45, 7) is 4.06. The molecule has 1 heterocycles. The molecule has 0 amide bonds. The van der Waals surface area contributed by atoms with Crippen molar-refractivity contribution in [1.29, 1.82) is 0 Å². The third kappa shape index (κ3) is 2.18. The molecule has 0 saturated heterocycles. The minimum absolute atomic E-state index is 0.305. The first-order valence-electron chi connectivity index (χ1n) is 6.21. The summed E-state index contributed by atoms with van der Waals surface area (Å²) in [5.41, 5.74) is 1.71. The molecule has 1 aromatic rings. The summed E-state index contributed by atoms with van der Waals surface area (Å²) in [5.74, 6) is 0.761. The number of methoxy groups -OCH3 is 1. The van der Waals surface area contributed by atoms with Gasteiger partial charge in [0.1, 0.15) is 10.8 Å². The molecule has 3 nitrogen and oxygen atoms in total. The van der Waals surface area contributed by atoms with Gasteiger partial charge in [-0.3, -0.25) is 0 Å². The molecule has 0 spiro atoms. The summed E-state index contributed by atoms with van der Waals surface area (Å²) < 4.78 is 5.68. The number of nitrogens with zero attached hydrogens (tertiary/aromatic N) is 2. The molecule has 0 radical (unpaired) electrons. The minimum atomic E-state index is -0.305. The Morgan fingerprint density at radius 1 is 1.29 bits per heavy atom. The maximum absolute atomic E-state index is 6.23. The number of hydrogen-bond donors (Lipinski definition) is 0. The van der Waals surface area contributed by atoms with Crippen molar-refractivity contribution < 1.29 is 4.74 Å². The van der Waals surface area contributed by atoms with Gasteiger partial charge < -0.3 is 4.74 Å². The maximum atomic E-state index is 6.23. The van der Waals surface area contributed by atoms with Crippen LogP contribution in [0.4, 0.5) is 0 Å². The lowest BCUT2D eigenvalue weighted by Crippen LogP contribution is -2.28. The Kier molecular flexibility index (Phi) is 3.69. The average molecular weight is 255 g/mol. The molecule has 0 atom stereocenters. The van der Waals surface area contributed by atoms with Gasteiger partial charge in [-0.25, -0.2) is 9.97 Å². The molecule has 4 heteroatoms. The quantitative estimate of drug-likeness (QED) is 0.776. The maximum Gasteiger partial charge on any atom is 0.162 e. The highest BCUT2D eigenvalue weighted by atomic mass is 35.5. The lowest BCUT2D eigenvalue weighted by molar-refractivity contribution is -0.0164. The van der Waals surface area contributed by atoms with Gasteiger partial charge in [0.2, 0.25) is 0 Å². The van der Waals surface area contributed by atoms with Gasteiger partial charge in [-0.05, 0) is 39.0 Å². The van der Waals surface area contributed by atoms with Crippen LogP contribution in [-0.4, -0.2) is 17.1 Å². The van der Waals surface area contributed by atoms with E-state index >= 15 is 0 Å². The molecular weight excluding hydrogens is 236 g/mol. The lowest BCUT2D eigenvalue weighted by Gasteiger charge is -2.26. The fraction of sp³-hybridized carbons (Fsp3) is 0.692. The molecule has 1 aliphatic rings. The van der Waals surface area contributed by atoms with E-state index in [1.54, 1.807) is 7.11 Å². The van der Waals surface area contributed by atoms with Crippen molar-refractivity contribution >= 4 is 11.6 Å². The van der Waals surface area contributed by atoms with Gasteiger partial charge in [0.25, 0.3) is 0 Å². The first-order chi connectivity index (χ1) is 8.13. The Hall–Kier alpha value is -0.670. The molecule has 1 aromatic heterocycles. The number of halogens is 1. The SMILES string of the molecule is CCc1c(C)nc(C2(OC)CCCC2)nc1Cl. The van der Waals surface area contributed by atoms with E-state index in [2.05, 4.69) is 16.9 Å². The lowest BCUT2D eigenvalue weighted by atomic mass is 10.0. The second-order valence-electron chi connectivity index (χ2n) is 4.66. The van der Waals surface area contributed by atoms with E-state index in [9.17, 15) is 0 Å². The van der Waals surface area contributed by atoms with Crippen LogP contribution in [-0.2, 0) is 16.8 Å². The fourth-order valence-corrected chi connectivity index (χ4v) is 2.98. The van der Waals surface area contributed by atoms with Crippen LogP contribution >= 0.6 is 11.6 Å². The zero-order valence-electron chi connectivity index (χ0n) is 10.7. The normalized spacial score (nSPS) is 18.6.